The lowest BCUT2D eigenvalue weighted by Gasteiger charge is -2.11. The molecule has 0 unspecified atom stereocenters. The Morgan fingerprint density at radius 2 is 1.93 bits per heavy atom. The van der Waals surface area contributed by atoms with Crippen LogP contribution in [0.2, 0.25) is 5.02 Å². The fraction of sp³-hybridized carbons (Fsp3) is 0.0476. The molecule has 0 bridgehead atoms. The number of fused-ring (bicyclic) bond motifs is 1. The van der Waals surface area contributed by atoms with Crippen LogP contribution in [0.25, 0.3) is 20.8 Å². The highest BCUT2D eigenvalue weighted by molar-refractivity contribution is 14.1. The lowest BCUT2D eigenvalue weighted by molar-refractivity contribution is 0.102. The highest BCUT2D eigenvalue weighted by Crippen LogP contribution is 2.32. The summed E-state index contributed by atoms with van der Waals surface area (Å²) in [6, 6.07) is 19.4. The number of thiazole rings is 1. The largest absolute Gasteiger partial charge is 0.322 e. The summed E-state index contributed by atoms with van der Waals surface area (Å²) in [5, 5.41) is 4.36. The van der Waals surface area contributed by atoms with Crippen molar-refractivity contribution in [2.24, 2.45) is 0 Å². The van der Waals surface area contributed by atoms with Crippen LogP contribution < -0.4 is 5.32 Å². The van der Waals surface area contributed by atoms with Crippen LogP contribution in [0.5, 0.6) is 0 Å². The fourth-order valence-electron chi connectivity index (χ4n) is 2.75. The van der Waals surface area contributed by atoms with Crippen LogP contribution >= 0.6 is 45.5 Å². The van der Waals surface area contributed by atoms with Crippen molar-refractivity contribution < 1.29 is 4.79 Å². The van der Waals surface area contributed by atoms with Crippen molar-refractivity contribution in [1.82, 2.24) is 4.98 Å². The van der Waals surface area contributed by atoms with Gasteiger partial charge in [-0.15, -0.1) is 11.3 Å². The van der Waals surface area contributed by atoms with Gasteiger partial charge in [-0.05, 0) is 71.5 Å². The molecule has 1 amide bonds. The van der Waals surface area contributed by atoms with Crippen LogP contribution in [0.3, 0.4) is 0 Å². The molecule has 0 saturated heterocycles. The van der Waals surface area contributed by atoms with E-state index in [1.807, 2.05) is 49.4 Å². The Kier molecular flexibility index (Phi) is 5.16. The van der Waals surface area contributed by atoms with Gasteiger partial charge in [-0.3, -0.25) is 4.79 Å². The molecule has 0 aliphatic rings. The summed E-state index contributed by atoms with van der Waals surface area (Å²) in [5.74, 6) is -0.219. The first-order valence-electron chi connectivity index (χ1n) is 8.24. The summed E-state index contributed by atoms with van der Waals surface area (Å²) < 4.78 is 2.10. The number of benzene rings is 3. The standard InChI is InChI=1S/C21H14ClIN2OS/c1-12-6-7-13(21-25-17-4-2-3-5-19(17)27-21)10-18(12)24-20(26)15-11-14(23)8-9-16(15)22/h2-11H,1H3,(H,24,26). The minimum Gasteiger partial charge on any atom is -0.322 e. The first kappa shape index (κ1) is 18.4. The van der Waals surface area contributed by atoms with Crippen molar-refractivity contribution in [3.8, 4) is 10.6 Å². The highest BCUT2D eigenvalue weighted by atomic mass is 127. The molecule has 0 radical (unpaired) electrons. The van der Waals surface area contributed by atoms with Gasteiger partial charge >= 0.3 is 0 Å². The van der Waals surface area contributed by atoms with Gasteiger partial charge in [-0.1, -0.05) is 35.9 Å². The number of carbonyl (C=O) groups is 1. The van der Waals surface area contributed by atoms with Gasteiger partial charge in [-0.2, -0.15) is 0 Å². The Labute approximate surface area is 179 Å². The van der Waals surface area contributed by atoms with E-state index in [0.717, 1.165) is 35.6 Å². The Morgan fingerprint density at radius 3 is 2.74 bits per heavy atom. The van der Waals surface area contributed by atoms with E-state index in [9.17, 15) is 4.79 Å². The number of anilines is 1. The van der Waals surface area contributed by atoms with Crippen LogP contribution in [0, 0.1) is 10.5 Å². The van der Waals surface area contributed by atoms with Gasteiger partial charge in [-0.25, -0.2) is 4.98 Å². The van der Waals surface area contributed by atoms with E-state index < -0.39 is 0 Å². The molecule has 6 heteroatoms. The summed E-state index contributed by atoms with van der Waals surface area (Å²) in [7, 11) is 0. The third-order valence-electron chi connectivity index (χ3n) is 4.20. The number of hydrogen-bond acceptors (Lipinski definition) is 3. The number of halogens is 2. The van der Waals surface area contributed by atoms with Crippen molar-refractivity contribution in [3.05, 3.63) is 80.4 Å². The monoisotopic (exact) mass is 504 g/mol. The van der Waals surface area contributed by atoms with E-state index in [4.69, 9.17) is 16.6 Å². The topological polar surface area (TPSA) is 42.0 Å². The first-order chi connectivity index (χ1) is 13.0. The molecular formula is C21H14ClIN2OS. The maximum absolute atomic E-state index is 12.7. The zero-order valence-electron chi connectivity index (χ0n) is 14.3. The molecule has 4 aromatic rings. The maximum atomic E-state index is 12.7. The van der Waals surface area contributed by atoms with Crippen LogP contribution in [0.4, 0.5) is 5.69 Å². The average molecular weight is 505 g/mol. The zero-order valence-corrected chi connectivity index (χ0v) is 18.0. The van der Waals surface area contributed by atoms with Crippen LogP contribution in [0.1, 0.15) is 15.9 Å². The SMILES string of the molecule is Cc1ccc(-c2nc3ccccc3s2)cc1NC(=O)c1cc(I)ccc1Cl. The zero-order chi connectivity index (χ0) is 19.0. The summed E-state index contributed by atoms with van der Waals surface area (Å²) in [5.41, 5.74) is 4.16. The molecule has 1 N–H and O–H groups in total. The molecule has 0 saturated carbocycles. The fourth-order valence-corrected chi connectivity index (χ4v) is 4.40. The number of aromatic nitrogens is 1. The molecule has 0 atom stereocenters. The van der Waals surface area contributed by atoms with Crippen molar-refractivity contribution in [2.45, 2.75) is 6.92 Å². The van der Waals surface area contributed by atoms with E-state index in [-0.39, 0.29) is 5.91 Å². The second-order valence-electron chi connectivity index (χ2n) is 6.09. The summed E-state index contributed by atoms with van der Waals surface area (Å²) in [4.78, 5) is 17.4. The van der Waals surface area contributed by atoms with Gasteiger partial charge in [0, 0.05) is 14.8 Å². The predicted octanol–water partition coefficient (Wildman–Crippen LogP) is 6.78. The van der Waals surface area contributed by atoms with Gasteiger partial charge in [0.15, 0.2) is 0 Å². The highest BCUT2D eigenvalue weighted by Gasteiger charge is 2.14. The van der Waals surface area contributed by atoms with Crippen molar-refractivity contribution in [2.75, 3.05) is 5.32 Å². The molecule has 0 aliphatic heterocycles. The Hall–Kier alpha value is -1.96. The molecule has 0 spiro atoms. The Morgan fingerprint density at radius 1 is 1.11 bits per heavy atom. The molecule has 0 aliphatic carbocycles. The molecule has 134 valence electrons. The number of rotatable bonds is 3. The maximum Gasteiger partial charge on any atom is 0.257 e. The molecule has 27 heavy (non-hydrogen) atoms. The quantitative estimate of drug-likeness (QED) is 0.312. The van der Waals surface area contributed by atoms with Gasteiger partial charge < -0.3 is 5.32 Å². The number of nitrogens with one attached hydrogen (secondary N) is 1. The first-order valence-corrected chi connectivity index (χ1v) is 10.5. The summed E-state index contributed by atoms with van der Waals surface area (Å²) in [6.07, 6.45) is 0. The second kappa shape index (κ2) is 7.58. The number of para-hydroxylation sites is 1. The molecule has 1 aromatic heterocycles. The molecule has 4 rings (SSSR count). The Balaban J connectivity index is 1.68. The number of nitrogens with zero attached hydrogens (tertiary/aromatic N) is 1. The average Bonchev–Trinajstić information content (AvgIpc) is 3.09. The number of hydrogen-bond donors (Lipinski definition) is 1. The number of carbonyl (C=O) groups excluding carboxylic acids is 1. The minimum atomic E-state index is -0.219. The van der Waals surface area contributed by atoms with Crippen molar-refractivity contribution in [1.29, 1.82) is 0 Å². The Bertz CT molecular complexity index is 1140. The normalized spacial score (nSPS) is 10.9. The van der Waals surface area contributed by atoms with E-state index in [0.29, 0.717) is 10.6 Å². The third-order valence-corrected chi connectivity index (χ3v) is 6.29. The molecular weight excluding hydrogens is 491 g/mol. The molecule has 3 nitrogen and oxygen atoms in total. The smallest absolute Gasteiger partial charge is 0.257 e. The lowest BCUT2D eigenvalue weighted by atomic mass is 10.1. The van der Waals surface area contributed by atoms with Crippen LogP contribution in [0.15, 0.2) is 60.7 Å². The van der Waals surface area contributed by atoms with Gasteiger partial charge in [0.2, 0.25) is 0 Å². The summed E-state index contributed by atoms with van der Waals surface area (Å²) in [6.45, 7) is 1.97. The van der Waals surface area contributed by atoms with E-state index >= 15 is 0 Å². The lowest BCUT2D eigenvalue weighted by Crippen LogP contribution is -2.13. The van der Waals surface area contributed by atoms with Crippen molar-refractivity contribution >= 4 is 67.3 Å². The number of amides is 1. The van der Waals surface area contributed by atoms with Gasteiger partial charge in [0.1, 0.15) is 5.01 Å². The summed E-state index contributed by atoms with van der Waals surface area (Å²) >= 11 is 10.0. The van der Waals surface area contributed by atoms with E-state index in [2.05, 4.69) is 34.0 Å². The molecule has 0 fully saturated rings. The van der Waals surface area contributed by atoms with Gasteiger partial charge in [0.05, 0.1) is 20.8 Å². The molecule has 3 aromatic carbocycles. The van der Waals surface area contributed by atoms with Crippen LogP contribution in [-0.4, -0.2) is 10.9 Å². The van der Waals surface area contributed by atoms with Crippen molar-refractivity contribution in [3.63, 3.8) is 0 Å². The van der Waals surface area contributed by atoms with E-state index in [1.54, 1.807) is 23.5 Å². The van der Waals surface area contributed by atoms with Gasteiger partial charge in [0.25, 0.3) is 5.91 Å². The predicted molar refractivity (Wildman–Crippen MR) is 122 cm³/mol. The number of aryl methyl sites for hydroxylation is 1. The van der Waals surface area contributed by atoms with E-state index in [1.165, 1.54) is 0 Å². The molecule has 1 heterocycles. The second-order valence-corrected chi connectivity index (χ2v) is 8.78. The third kappa shape index (κ3) is 3.85. The van der Waals surface area contributed by atoms with Crippen LogP contribution in [-0.2, 0) is 0 Å². The minimum absolute atomic E-state index is 0.219.